The van der Waals surface area contributed by atoms with Crippen LogP contribution in [-0.2, 0) is 4.43 Å². The molecule has 0 aromatic rings. The predicted octanol–water partition coefficient (Wildman–Crippen LogP) is 2.18. The maximum Gasteiger partial charge on any atom is 0.459 e. The lowest BCUT2D eigenvalue weighted by Gasteiger charge is -2.22. The number of rotatable bonds is 5. The quantitative estimate of drug-likeness (QED) is 0.309. The molecule has 0 saturated heterocycles. The molecule has 0 radical (unpaired) electrons. The van der Waals surface area contributed by atoms with Crippen molar-refractivity contribution in [3.8, 4) is 0 Å². The molecule has 0 saturated carbocycles. The van der Waals surface area contributed by atoms with Crippen LogP contribution in [0, 0.1) is 0 Å². The number of hydrogen-bond acceptors (Lipinski definition) is 1. The maximum atomic E-state index is 12.3. The highest BCUT2D eigenvalue weighted by Gasteiger charge is 2.64. The fourth-order valence-corrected chi connectivity index (χ4v) is 1.21. The van der Waals surface area contributed by atoms with E-state index in [2.05, 4.69) is 11.0 Å². The summed E-state index contributed by atoms with van der Waals surface area (Å²) in [5.41, 5.74) is 0. The van der Waals surface area contributed by atoms with Gasteiger partial charge in [-0.1, -0.05) is 6.08 Å². The van der Waals surface area contributed by atoms with Crippen LogP contribution in [0.15, 0.2) is 12.7 Å². The summed E-state index contributed by atoms with van der Waals surface area (Å²) in [5.74, 6) is -5.44. The third kappa shape index (κ3) is 3.33. The second kappa shape index (κ2) is 4.83. The zero-order chi connectivity index (χ0) is 11.4. The summed E-state index contributed by atoms with van der Waals surface area (Å²) in [7, 11) is -1.75. The number of alkyl halides is 6. The Kier molecular flexibility index (Phi) is 4.65. The largest absolute Gasteiger partial charge is 0.459 e. The van der Waals surface area contributed by atoms with Gasteiger partial charge in [0.05, 0.1) is 0 Å². The molecular weight excluding hydrogens is 230 g/mol. The molecular formula is C6H8F6OSi. The topological polar surface area (TPSA) is 9.23 Å². The predicted molar refractivity (Wildman–Crippen MR) is 40.5 cm³/mol. The van der Waals surface area contributed by atoms with Crippen LogP contribution in [0.25, 0.3) is 0 Å². The summed E-state index contributed by atoms with van der Waals surface area (Å²) >= 11 is 0. The van der Waals surface area contributed by atoms with Crippen LogP contribution in [0.4, 0.5) is 26.3 Å². The average molecular weight is 238 g/mol. The zero-order valence-electron chi connectivity index (χ0n) is 6.95. The Hall–Kier alpha value is -0.503. The summed E-state index contributed by atoms with van der Waals surface area (Å²) in [6, 6.07) is 0.133. The Morgan fingerprint density at radius 1 is 1.29 bits per heavy atom. The van der Waals surface area contributed by atoms with E-state index in [1.807, 2.05) is 0 Å². The van der Waals surface area contributed by atoms with E-state index in [-0.39, 0.29) is 6.04 Å². The number of allylic oxidation sites excluding steroid dienone is 1. The Balaban J connectivity index is 4.21. The molecule has 0 amide bonds. The van der Waals surface area contributed by atoms with Crippen molar-refractivity contribution in [2.24, 2.45) is 0 Å². The molecule has 0 heterocycles. The highest BCUT2D eigenvalue weighted by Crippen LogP contribution is 2.39. The summed E-state index contributed by atoms with van der Waals surface area (Å²) in [6.07, 6.45) is -8.27. The molecule has 0 aliphatic carbocycles. The minimum atomic E-state index is -5.92. The average Bonchev–Trinajstić information content (AvgIpc) is 2.02. The molecule has 0 fully saturated rings. The van der Waals surface area contributed by atoms with Gasteiger partial charge in [0.2, 0.25) is 0 Å². The van der Waals surface area contributed by atoms with E-state index in [0.717, 1.165) is 0 Å². The van der Waals surface area contributed by atoms with Crippen LogP contribution in [0.5, 0.6) is 0 Å². The third-order valence-corrected chi connectivity index (χ3v) is 2.42. The highest BCUT2D eigenvalue weighted by atomic mass is 28.2. The van der Waals surface area contributed by atoms with Crippen molar-refractivity contribution >= 4 is 9.76 Å². The Morgan fingerprint density at radius 3 is 2.14 bits per heavy atom. The first-order valence-electron chi connectivity index (χ1n) is 3.54. The minimum Gasteiger partial charge on any atom is -0.391 e. The lowest BCUT2D eigenvalue weighted by molar-refractivity contribution is -0.328. The van der Waals surface area contributed by atoms with Crippen molar-refractivity contribution in [2.45, 2.75) is 24.5 Å². The van der Waals surface area contributed by atoms with Crippen LogP contribution in [0.3, 0.4) is 0 Å². The zero-order valence-corrected chi connectivity index (χ0v) is 8.37. The SMILES string of the molecule is C=CC[SiH2]OC(F)C(F)(F)C(F)(F)F. The third-order valence-electron chi connectivity index (χ3n) is 1.25. The molecule has 0 aliphatic heterocycles. The summed E-state index contributed by atoms with van der Waals surface area (Å²) in [6.45, 7) is 3.19. The van der Waals surface area contributed by atoms with Gasteiger partial charge in [-0.15, -0.1) is 6.58 Å². The monoisotopic (exact) mass is 238 g/mol. The minimum absolute atomic E-state index is 0.133. The first-order valence-corrected chi connectivity index (χ1v) is 5.12. The number of halogens is 6. The molecule has 14 heavy (non-hydrogen) atoms. The maximum absolute atomic E-state index is 12.3. The van der Waals surface area contributed by atoms with E-state index in [1.165, 1.54) is 6.08 Å². The molecule has 0 aromatic carbocycles. The second-order valence-corrected chi connectivity index (χ2v) is 3.70. The fraction of sp³-hybridized carbons (Fsp3) is 0.667. The second-order valence-electron chi connectivity index (χ2n) is 2.38. The molecule has 0 N–H and O–H groups in total. The van der Waals surface area contributed by atoms with Gasteiger partial charge in [-0.05, 0) is 6.04 Å². The van der Waals surface area contributed by atoms with Gasteiger partial charge in [-0.3, -0.25) is 0 Å². The summed E-state index contributed by atoms with van der Waals surface area (Å²) in [5, 5.41) is 0. The number of hydrogen-bond donors (Lipinski definition) is 0. The van der Waals surface area contributed by atoms with E-state index in [0.29, 0.717) is 0 Å². The van der Waals surface area contributed by atoms with Gasteiger partial charge < -0.3 is 4.43 Å². The molecule has 0 spiro atoms. The summed E-state index contributed by atoms with van der Waals surface area (Å²) in [4.78, 5) is 0. The van der Waals surface area contributed by atoms with E-state index in [9.17, 15) is 26.3 Å². The van der Waals surface area contributed by atoms with Crippen LogP contribution in [0.1, 0.15) is 0 Å². The molecule has 1 unspecified atom stereocenters. The van der Waals surface area contributed by atoms with Crippen molar-refractivity contribution in [1.29, 1.82) is 0 Å². The van der Waals surface area contributed by atoms with Crippen molar-refractivity contribution in [1.82, 2.24) is 0 Å². The van der Waals surface area contributed by atoms with Gasteiger partial charge in [-0.25, -0.2) is 4.39 Å². The van der Waals surface area contributed by atoms with Crippen molar-refractivity contribution in [3.63, 3.8) is 0 Å². The summed E-state index contributed by atoms with van der Waals surface area (Å²) < 4.78 is 74.9. The molecule has 1 nitrogen and oxygen atoms in total. The normalized spacial score (nSPS) is 16.1. The van der Waals surface area contributed by atoms with Crippen molar-refractivity contribution in [2.75, 3.05) is 0 Å². The van der Waals surface area contributed by atoms with Crippen molar-refractivity contribution in [3.05, 3.63) is 12.7 Å². The highest BCUT2D eigenvalue weighted by molar-refractivity contribution is 6.27. The molecule has 0 rings (SSSR count). The van der Waals surface area contributed by atoms with Crippen LogP contribution >= 0.6 is 0 Å². The molecule has 84 valence electrons. The molecule has 0 aromatic heterocycles. The van der Waals surface area contributed by atoms with E-state index < -0.39 is 28.2 Å². The van der Waals surface area contributed by atoms with Crippen LogP contribution in [-0.4, -0.2) is 28.2 Å². The standard InChI is InChI=1S/C6H8F6OSi/c1-2-3-14-13-4(7)5(8,9)6(10,11)12/h2,4H,1,3,14H2. The smallest absolute Gasteiger partial charge is 0.391 e. The van der Waals surface area contributed by atoms with Crippen molar-refractivity contribution < 1.29 is 30.8 Å². The lowest BCUT2D eigenvalue weighted by Crippen LogP contribution is -2.46. The van der Waals surface area contributed by atoms with Gasteiger partial charge in [0.25, 0.3) is 6.36 Å². The van der Waals surface area contributed by atoms with Gasteiger partial charge >= 0.3 is 12.1 Å². The van der Waals surface area contributed by atoms with Crippen LogP contribution in [0.2, 0.25) is 6.04 Å². The van der Waals surface area contributed by atoms with Crippen LogP contribution < -0.4 is 0 Å². The van der Waals surface area contributed by atoms with Gasteiger partial charge in [0, 0.05) is 0 Å². The van der Waals surface area contributed by atoms with Gasteiger partial charge in [0.1, 0.15) is 0 Å². The van der Waals surface area contributed by atoms with E-state index in [1.54, 1.807) is 0 Å². The van der Waals surface area contributed by atoms with Gasteiger partial charge in [0.15, 0.2) is 9.76 Å². The first-order chi connectivity index (χ1) is 6.23. The molecule has 8 heteroatoms. The fourth-order valence-electron chi connectivity index (χ4n) is 0.488. The lowest BCUT2D eigenvalue weighted by atomic mass is 10.3. The molecule has 0 bridgehead atoms. The Bertz CT molecular complexity index is 191. The van der Waals surface area contributed by atoms with E-state index in [4.69, 9.17) is 0 Å². The Morgan fingerprint density at radius 2 is 1.79 bits per heavy atom. The first kappa shape index (κ1) is 13.5. The molecule has 1 atom stereocenters. The van der Waals surface area contributed by atoms with Gasteiger partial charge in [-0.2, -0.15) is 22.0 Å². The molecule has 0 aliphatic rings. The van der Waals surface area contributed by atoms with E-state index >= 15 is 0 Å². The Labute approximate surface area is 78.7 Å².